The highest BCUT2D eigenvalue weighted by Gasteiger charge is 2.37. The first-order chi connectivity index (χ1) is 8.71. The highest BCUT2D eigenvalue weighted by molar-refractivity contribution is 5.33. The van der Waals surface area contributed by atoms with Crippen molar-refractivity contribution in [2.75, 3.05) is 0 Å². The van der Waals surface area contributed by atoms with Gasteiger partial charge in [-0.1, -0.05) is 6.07 Å². The first kappa shape index (κ1) is 14.3. The zero-order valence-electron chi connectivity index (χ0n) is 10.8. The van der Waals surface area contributed by atoms with Crippen molar-refractivity contribution in [3.63, 3.8) is 0 Å². The smallest absolute Gasteiger partial charge is 0.325 e. The topological polar surface area (TPSA) is 26.0 Å². The molecule has 1 aromatic carbocycles. The molecule has 0 radical (unpaired) electrons. The molecule has 0 aromatic heterocycles. The molecule has 0 aliphatic heterocycles. The second-order valence-electron chi connectivity index (χ2n) is 5.49. The van der Waals surface area contributed by atoms with E-state index >= 15 is 0 Å². The minimum Gasteiger partial charge on any atom is -0.325 e. The Morgan fingerprint density at radius 3 is 2.42 bits per heavy atom. The third kappa shape index (κ3) is 3.47. The van der Waals surface area contributed by atoms with Gasteiger partial charge in [-0.15, -0.1) is 0 Å². The van der Waals surface area contributed by atoms with Crippen molar-refractivity contribution in [3.05, 3.63) is 34.6 Å². The Kier molecular flexibility index (Phi) is 3.60. The maximum atomic E-state index is 13.5. The highest BCUT2D eigenvalue weighted by Crippen LogP contribution is 2.37. The van der Waals surface area contributed by atoms with E-state index in [1.807, 2.05) is 0 Å². The lowest BCUT2D eigenvalue weighted by Crippen LogP contribution is -2.21. The van der Waals surface area contributed by atoms with Crippen molar-refractivity contribution >= 4 is 0 Å². The Labute approximate surface area is 109 Å². The van der Waals surface area contributed by atoms with E-state index < -0.39 is 17.6 Å². The molecule has 1 aliphatic rings. The van der Waals surface area contributed by atoms with Gasteiger partial charge < -0.3 is 5.73 Å². The third-order valence-electron chi connectivity index (χ3n) is 3.65. The van der Waals surface area contributed by atoms with E-state index in [4.69, 9.17) is 5.73 Å². The van der Waals surface area contributed by atoms with Crippen LogP contribution < -0.4 is 5.73 Å². The molecule has 19 heavy (non-hydrogen) atoms. The number of hydrogen-bond donors (Lipinski definition) is 1. The Hall–Kier alpha value is -1.10. The molecule has 106 valence electrons. The van der Waals surface area contributed by atoms with E-state index in [-0.39, 0.29) is 11.1 Å². The van der Waals surface area contributed by atoms with Crippen LogP contribution in [0.1, 0.15) is 42.4 Å². The van der Waals surface area contributed by atoms with Gasteiger partial charge in [0.15, 0.2) is 0 Å². The molecule has 1 saturated carbocycles. The van der Waals surface area contributed by atoms with Crippen LogP contribution in [0.15, 0.2) is 12.1 Å². The molecular weight excluding hydrogens is 258 g/mol. The SMILES string of the molecule is Cc1cc(CCCC2(N)CC2)cc(C(F)(F)F)c1F. The molecule has 0 atom stereocenters. The lowest BCUT2D eigenvalue weighted by Gasteiger charge is -2.13. The fourth-order valence-corrected chi connectivity index (χ4v) is 2.25. The lowest BCUT2D eigenvalue weighted by atomic mass is 9.99. The van der Waals surface area contributed by atoms with Gasteiger partial charge in [-0.25, -0.2) is 4.39 Å². The number of alkyl halides is 3. The maximum absolute atomic E-state index is 13.5. The summed E-state index contributed by atoms with van der Waals surface area (Å²) < 4.78 is 51.5. The monoisotopic (exact) mass is 275 g/mol. The summed E-state index contributed by atoms with van der Waals surface area (Å²) in [5.41, 5.74) is 5.22. The molecule has 0 heterocycles. The van der Waals surface area contributed by atoms with Crippen LogP contribution in [0.3, 0.4) is 0 Å². The van der Waals surface area contributed by atoms with E-state index in [1.54, 1.807) is 0 Å². The summed E-state index contributed by atoms with van der Waals surface area (Å²) in [6.45, 7) is 1.36. The van der Waals surface area contributed by atoms with Crippen LogP contribution in [0.4, 0.5) is 17.6 Å². The zero-order valence-corrected chi connectivity index (χ0v) is 10.8. The molecule has 2 rings (SSSR count). The zero-order chi connectivity index (χ0) is 14.3. The molecule has 0 bridgehead atoms. The highest BCUT2D eigenvalue weighted by atomic mass is 19.4. The Bertz CT molecular complexity index is 475. The molecular formula is C14H17F4N. The third-order valence-corrected chi connectivity index (χ3v) is 3.65. The first-order valence-corrected chi connectivity index (χ1v) is 6.36. The maximum Gasteiger partial charge on any atom is 0.419 e. The summed E-state index contributed by atoms with van der Waals surface area (Å²) in [7, 11) is 0. The van der Waals surface area contributed by atoms with Crippen LogP contribution in [-0.4, -0.2) is 5.54 Å². The quantitative estimate of drug-likeness (QED) is 0.827. The Morgan fingerprint density at radius 1 is 1.26 bits per heavy atom. The number of benzene rings is 1. The summed E-state index contributed by atoms with van der Waals surface area (Å²) in [4.78, 5) is 0. The Balaban J connectivity index is 2.10. The minimum atomic E-state index is -4.64. The molecule has 1 aromatic rings. The van der Waals surface area contributed by atoms with Crippen LogP contribution in [0.5, 0.6) is 0 Å². The minimum absolute atomic E-state index is 0.0405. The summed E-state index contributed by atoms with van der Waals surface area (Å²) in [6.07, 6.45) is -0.615. The standard InChI is InChI=1S/C14H17F4N/c1-9-7-10(3-2-4-13(19)5-6-13)8-11(12(9)15)14(16,17)18/h7-8H,2-6,19H2,1H3. The predicted molar refractivity (Wildman–Crippen MR) is 65.2 cm³/mol. The van der Waals surface area contributed by atoms with Gasteiger partial charge in [0.2, 0.25) is 0 Å². The molecule has 2 N–H and O–H groups in total. The number of halogens is 4. The number of aryl methyl sites for hydroxylation is 2. The van der Waals surface area contributed by atoms with Gasteiger partial charge in [-0.3, -0.25) is 0 Å². The van der Waals surface area contributed by atoms with Gasteiger partial charge in [0.25, 0.3) is 0 Å². The van der Waals surface area contributed by atoms with E-state index in [2.05, 4.69) is 0 Å². The summed E-state index contributed by atoms with van der Waals surface area (Å²) >= 11 is 0. The fourth-order valence-electron chi connectivity index (χ4n) is 2.25. The fraction of sp³-hybridized carbons (Fsp3) is 0.571. The number of nitrogens with two attached hydrogens (primary N) is 1. The van der Waals surface area contributed by atoms with E-state index in [9.17, 15) is 17.6 Å². The molecule has 1 fully saturated rings. The molecule has 5 heteroatoms. The van der Waals surface area contributed by atoms with E-state index in [1.165, 1.54) is 13.0 Å². The van der Waals surface area contributed by atoms with Gasteiger partial charge >= 0.3 is 6.18 Å². The van der Waals surface area contributed by atoms with Crippen molar-refractivity contribution < 1.29 is 17.6 Å². The molecule has 0 unspecified atom stereocenters. The van der Waals surface area contributed by atoms with Gasteiger partial charge in [-0.05, 0) is 56.2 Å². The normalized spacial score (nSPS) is 17.6. The first-order valence-electron chi connectivity index (χ1n) is 6.36. The summed E-state index contributed by atoms with van der Waals surface area (Å²) in [6, 6.07) is 2.40. The average molecular weight is 275 g/mol. The lowest BCUT2D eigenvalue weighted by molar-refractivity contribution is -0.140. The van der Waals surface area contributed by atoms with Crippen LogP contribution in [0.2, 0.25) is 0 Å². The van der Waals surface area contributed by atoms with Gasteiger partial charge in [0, 0.05) is 5.54 Å². The van der Waals surface area contributed by atoms with Gasteiger partial charge in [0.05, 0.1) is 5.56 Å². The van der Waals surface area contributed by atoms with Gasteiger partial charge in [-0.2, -0.15) is 13.2 Å². The van der Waals surface area contributed by atoms with Crippen LogP contribution >= 0.6 is 0 Å². The van der Waals surface area contributed by atoms with Crippen LogP contribution in [0, 0.1) is 12.7 Å². The number of hydrogen-bond acceptors (Lipinski definition) is 1. The second-order valence-corrected chi connectivity index (χ2v) is 5.49. The molecule has 0 spiro atoms. The summed E-state index contributed by atoms with van der Waals surface area (Å²) in [5.74, 6) is -1.17. The van der Waals surface area contributed by atoms with Crippen molar-refractivity contribution in [3.8, 4) is 0 Å². The predicted octanol–water partition coefficient (Wildman–Crippen LogP) is 3.97. The van der Waals surface area contributed by atoms with Crippen molar-refractivity contribution in [2.45, 2.75) is 50.7 Å². The van der Waals surface area contributed by atoms with E-state index in [0.29, 0.717) is 12.0 Å². The van der Waals surface area contributed by atoms with Crippen molar-refractivity contribution in [1.29, 1.82) is 0 Å². The molecule has 0 saturated heterocycles. The van der Waals surface area contributed by atoms with Crippen molar-refractivity contribution in [1.82, 2.24) is 0 Å². The molecule has 1 nitrogen and oxygen atoms in total. The van der Waals surface area contributed by atoms with Crippen LogP contribution in [0.25, 0.3) is 0 Å². The van der Waals surface area contributed by atoms with Crippen molar-refractivity contribution in [2.24, 2.45) is 5.73 Å². The average Bonchev–Trinajstić information content (AvgIpc) is 3.00. The second kappa shape index (κ2) is 4.78. The van der Waals surface area contributed by atoms with Crippen LogP contribution in [-0.2, 0) is 12.6 Å². The number of rotatable bonds is 4. The van der Waals surface area contributed by atoms with Gasteiger partial charge in [0.1, 0.15) is 5.82 Å². The van der Waals surface area contributed by atoms with E-state index in [0.717, 1.165) is 31.7 Å². The molecule has 1 aliphatic carbocycles. The summed E-state index contributed by atoms with van der Waals surface area (Å²) in [5, 5.41) is 0. The largest absolute Gasteiger partial charge is 0.419 e. The molecule has 0 amide bonds. The Morgan fingerprint density at radius 2 is 1.89 bits per heavy atom.